The van der Waals surface area contributed by atoms with Crippen molar-refractivity contribution in [2.45, 2.75) is 31.2 Å². The number of rotatable bonds is 6. The maximum Gasteiger partial charge on any atom is 0.407 e. The highest BCUT2D eigenvalue weighted by Gasteiger charge is 2.30. The average molecular weight is 515 g/mol. The summed E-state index contributed by atoms with van der Waals surface area (Å²) >= 11 is 2.27. The van der Waals surface area contributed by atoms with E-state index in [1.54, 1.807) is 0 Å². The maximum absolute atomic E-state index is 12.4. The molecule has 0 aliphatic heterocycles. The lowest BCUT2D eigenvalue weighted by Crippen LogP contribution is -2.41. The highest BCUT2D eigenvalue weighted by atomic mass is 127. The van der Waals surface area contributed by atoms with Gasteiger partial charge in [0.1, 0.15) is 12.6 Å². The van der Waals surface area contributed by atoms with Crippen LogP contribution in [-0.4, -0.2) is 29.8 Å². The molecule has 0 saturated heterocycles. The molecule has 1 amide bonds. The molecule has 2 aromatic rings. The van der Waals surface area contributed by atoms with Crippen molar-refractivity contribution in [3.8, 4) is 11.1 Å². The third-order valence-corrected chi connectivity index (χ3v) is 6.48. The van der Waals surface area contributed by atoms with E-state index in [0.717, 1.165) is 40.7 Å². The molecule has 30 heavy (non-hydrogen) atoms. The van der Waals surface area contributed by atoms with Crippen molar-refractivity contribution < 1.29 is 19.4 Å². The normalized spacial score (nSPS) is 16.0. The van der Waals surface area contributed by atoms with Gasteiger partial charge in [0, 0.05) is 5.92 Å². The molecule has 2 N–H and O–H groups in total. The number of carbonyl (C=O) groups excluding carboxylic acids is 1. The number of carbonyl (C=O) groups is 2. The predicted octanol–water partition coefficient (Wildman–Crippen LogP) is 5.41. The number of fused-ring (bicyclic) bond motifs is 3. The number of benzene rings is 2. The van der Waals surface area contributed by atoms with Gasteiger partial charge in [0.15, 0.2) is 0 Å². The Kier molecular flexibility index (Phi) is 6.22. The number of nitrogens with one attached hydrogen (secondary N) is 1. The Balaban J connectivity index is 1.41. The number of hydrogen-bond acceptors (Lipinski definition) is 3. The topological polar surface area (TPSA) is 75.6 Å². The molecule has 0 unspecified atom stereocenters. The van der Waals surface area contributed by atoms with Gasteiger partial charge in [0.05, 0.1) is 0 Å². The lowest BCUT2D eigenvalue weighted by Gasteiger charge is -2.19. The van der Waals surface area contributed by atoms with Gasteiger partial charge in [0.25, 0.3) is 0 Å². The van der Waals surface area contributed by atoms with E-state index in [9.17, 15) is 14.7 Å². The van der Waals surface area contributed by atoms with Crippen LogP contribution >= 0.6 is 22.6 Å². The molecule has 2 aromatic carbocycles. The Labute approximate surface area is 189 Å². The third-order valence-electron chi connectivity index (χ3n) is 5.58. The summed E-state index contributed by atoms with van der Waals surface area (Å²) in [7, 11) is 0. The van der Waals surface area contributed by atoms with Crippen molar-refractivity contribution >= 4 is 34.7 Å². The Morgan fingerprint density at radius 2 is 1.67 bits per heavy atom. The summed E-state index contributed by atoms with van der Waals surface area (Å²) in [5.74, 6) is -1.12. The molecule has 154 valence electrons. The molecular weight excluding hydrogens is 493 g/mol. The lowest BCUT2D eigenvalue weighted by atomic mass is 9.98. The van der Waals surface area contributed by atoms with Crippen LogP contribution in [0, 0.1) is 0 Å². The number of ether oxygens (including phenoxy) is 1. The van der Waals surface area contributed by atoms with Gasteiger partial charge >= 0.3 is 12.1 Å². The van der Waals surface area contributed by atoms with Crippen LogP contribution in [0.25, 0.3) is 11.1 Å². The summed E-state index contributed by atoms with van der Waals surface area (Å²) < 4.78 is 6.72. The van der Waals surface area contributed by atoms with E-state index >= 15 is 0 Å². The first-order valence-corrected chi connectivity index (χ1v) is 11.0. The van der Waals surface area contributed by atoms with E-state index in [2.05, 4.69) is 40.0 Å². The number of hydrogen-bond donors (Lipinski definition) is 2. The number of aliphatic carboxylic acids is 1. The molecule has 0 heterocycles. The SMILES string of the molecule is O=C(N[C@H](CC1=CC=C(I)CC1)C(=O)O)OCC1c2ccccc2-c2ccccc21. The first-order chi connectivity index (χ1) is 14.5. The molecule has 5 nitrogen and oxygen atoms in total. The first-order valence-electron chi connectivity index (χ1n) is 9.91. The molecule has 0 fully saturated rings. The fraction of sp³-hybridized carbons (Fsp3) is 0.250. The van der Waals surface area contributed by atoms with E-state index in [4.69, 9.17) is 4.74 Å². The molecule has 2 aliphatic rings. The van der Waals surface area contributed by atoms with Gasteiger partial charge in [-0.2, -0.15) is 0 Å². The van der Waals surface area contributed by atoms with Crippen LogP contribution in [0.5, 0.6) is 0 Å². The zero-order chi connectivity index (χ0) is 21.1. The number of carboxylic acids is 1. The molecule has 0 bridgehead atoms. The Bertz CT molecular complexity index is 998. The fourth-order valence-corrected chi connectivity index (χ4v) is 4.52. The molecule has 0 aromatic heterocycles. The summed E-state index contributed by atoms with van der Waals surface area (Å²) in [5, 5.41) is 12.1. The summed E-state index contributed by atoms with van der Waals surface area (Å²) in [5.41, 5.74) is 5.56. The van der Waals surface area contributed by atoms with Crippen molar-refractivity contribution in [2.75, 3.05) is 6.61 Å². The summed E-state index contributed by atoms with van der Waals surface area (Å²) in [4.78, 5) is 24.0. The zero-order valence-corrected chi connectivity index (χ0v) is 18.5. The molecule has 2 aliphatic carbocycles. The number of alkyl carbamates (subject to hydrolysis) is 1. The van der Waals surface area contributed by atoms with Gasteiger partial charge in [-0.25, -0.2) is 9.59 Å². The second-order valence-electron chi connectivity index (χ2n) is 7.50. The molecule has 0 saturated carbocycles. The standard InChI is InChI=1S/C24H22INO4/c25-16-11-9-15(10-12-16)13-22(23(27)28)26-24(29)30-14-21-19-7-3-1-5-17(19)18-6-2-4-8-20(18)21/h1-9,11,21-22H,10,12-14H2,(H,26,29)(H,27,28)/t22-/m1/s1. The largest absolute Gasteiger partial charge is 0.480 e. The lowest BCUT2D eigenvalue weighted by molar-refractivity contribution is -0.139. The van der Waals surface area contributed by atoms with E-state index < -0.39 is 18.1 Å². The highest BCUT2D eigenvalue weighted by molar-refractivity contribution is 14.1. The second kappa shape index (κ2) is 9.04. The molecule has 1 atom stereocenters. The van der Waals surface area contributed by atoms with Crippen molar-refractivity contribution in [3.05, 3.63) is 81.0 Å². The van der Waals surface area contributed by atoms with Gasteiger partial charge in [-0.3, -0.25) is 0 Å². The van der Waals surface area contributed by atoms with Crippen LogP contribution in [0.4, 0.5) is 4.79 Å². The van der Waals surface area contributed by atoms with E-state index in [1.165, 1.54) is 3.58 Å². The number of amides is 1. The first kappa shape index (κ1) is 20.7. The van der Waals surface area contributed by atoms with Crippen molar-refractivity contribution in [2.24, 2.45) is 0 Å². The van der Waals surface area contributed by atoms with E-state index in [-0.39, 0.29) is 18.9 Å². The zero-order valence-electron chi connectivity index (χ0n) is 16.3. The number of halogens is 1. The van der Waals surface area contributed by atoms with Gasteiger partial charge < -0.3 is 15.2 Å². The van der Waals surface area contributed by atoms with Crippen LogP contribution in [-0.2, 0) is 9.53 Å². The second-order valence-corrected chi connectivity index (χ2v) is 8.89. The minimum atomic E-state index is -1.06. The van der Waals surface area contributed by atoms with Crippen LogP contribution in [0.1, 0.15) is 36.3 Å². The summed E-state index contributed by atoms with van der Waals surface area (Å²) in [6.45, 7) is 0.163. The highest BCUT2D eigenvalue weighted by Crippen LogP contribution is 2.44. The molecule has 6 heteroatoms. The van der Waals surface area contributed by atoms with Gasteiger partial charge in [-0.05, 0) is 67.7 Å². The van der Waals surface area contributed by atoms with Crippen molar-refractivity contribution in [1.82, 2.24) is 5.32 Å². The molecule has 0 spiro atoms. The Morgan fingerprint density at radius 3 is 2.23 bits per heavy atom. The fourth-order valence-electron chi connectivity index (χ4n) is 4.07. The van der Waals surface area contributed by atoms with Crippen LogP contribution in [0.15, 0.2) is 69.8 Å². The average Bonchev–Trinajstić information content (AvgIpc) is 3.07. The molecule has 4 rings (SSSR count). The monoisotopic (exact) mass is 515 g/mol. The van der Waals surface area contributed by atoms with Crippen LogP contribution in [0.2, 0.25) is 0 Å². The quantitative estimate of drug-likeness (QED) is 0.505. The maximum atomic E-state index is 12.4. The van der Waals surface area contributed by atoms with Gasteiger partial charge in [-0.1, -0.05) is 66.3 Å². The summed E-state index contributed by atoms with van der Waals surface area (Å²) in [6, 6.07) is 15.2. The van der Waals surface area contributed by atoms with Gasteiger partial charge in [0.2, 0.25) is 0 Å². The minimum Gasteiger partial charge on any atom is -0.480 e. The summed E-state index contributed by atoms with van der Waals surface area (Å²) in [6.07, 6.45) is 5.23. The Morgan fingerprint density at radius 1 is 1.03 bits per heavy atom. The van der Waals surface area contributed by atoms with Crippen molar-refractivity contribution in [1.29, 1.82) is 0 Å². The third kappa shape index (κ3) is 4.43. The molecular formula is C24H22INO4. The van der Waals surface area contributed by atoms with E-state index in [0.29, 0.717) is 0 Å². The van der Waals surface area contributed by atoms with Crippen LogP contribution < -0.4 is 5.32 Å². The number of allylic oxidation sites excluding steroid dienone is 3. The molecule has 0 radical (unpaired) electrons. The minimum absolute atomic E-state index is 0.0558. The predicted molar refractivity (Wildman–Crippen MR) is 124 cm³/mol. The Hall–Kier alpha value is -2.61. The van der Waals surface area contributed by atoms with E-state index in [1.807, 2.05) is 48.6 Å². The van der Waals surface area contributed by atoms with Crippen molar-refractivity contribution in [3.63, 3.8) is 0 Å². The smallest absolute Gasteiger partial charge is 0.407 e. The van der Waals surface area contributed by atoms with Gasteiger partial charge in [-0.15, -0.1) is 0 Å². The number of carboxylic acid groups (broad SMARTS) is 1. The van der Waals surface area contributed by atoms with Crippen LogP contribution in [0.3, 0.4) is 0 Å².